The fourth-order valence-corrected chi connectivity index (χ4v) is 3.31. The summed E-state index contributed by atoms with van der Waals surface area (Å²) in [6.07, 6.45) is 1.92. The van der Waals surface area contributed by atoms with Gasteiger partial charge in [0, 0.05) is 19.1 Å². The molecule has 1 atom stereocenters. The monoisotopic (exact) mass is 311 g/mol. The van der Waals surface area contributed by atoms with Gasteiger partial charge in [0.2, 0.25) is 0 Å². The van der Waals surface area contributed by atoms with Crippen LogP contribution in [0.5, 0.6) is 0 Å². The molecule has 0 saturated carbocycles. The van der Waals surface area contributed by atoms with Gasteiger partial charge in [0.1, 0.15) is 0 Å². The second-order valence-corrected chi connectivity index (χ2v) is 6.15. The zero-order valence-corrected chi connectivity index (χ0v) is 13.9. The summed E-state index contributed by atoms with van der Waals surface area (Å²) in [6.45, 7) is 8.02. The highest BCUT2D eigenvalue weighted by molar-refractivity contribution is 7.07. The van der Waals surface area contributed by atoms with Crippen molar-refractivity contribution in [2.45, 2.75) is 52.7 Å². The van der Waals surface area contributed by atoms with Gasteiger partial charge in [-0.1, -0.05) is 18.5 Å². The second-order valence-electron chi connectivity index (χ2n) is 4.99. The summed E-state index contributed by atoms with van der Waals surface area (Å²) in [7, 11) is 0. The largest absolute Gasteiger partial charge is 0.308 e. The third-order valence-corrected chi connectivity index (χ3v) is 4.60. The SMILES string of the molecule is CCc1nn(CC)c(CNC(C)Cc2ccsc2)c1Cl. The Morgan fingerprint density at radius 2 is 2.25 bits per heavy atom. The molecule has 2 aromatic heterocycles. The fourth-order valence-electron chi connectivity index (χ4n) is 2.29. The molecule has 2 heterocycles. The van der Waals surface area contributed by atoms with Gasteiger partial charge in [0.15, 0.2) is 0 Å². The Hall–Kier alpha value is -0.840. The Morgan fingerprint density at radius 3 is 2.85 bits per heavy atom. The number of hydrogen-bond acceptors (Lipinski definition) is 3. The Kier molecular flexibility index (Phi) is 5.64. The molecule has 0 amide bonds. The van der Waals surface area contributed by atoms with Gasteiger partial charge in [-0.3, -0.25) is 4.68 Å². The normalized spacial score (nSPS) is 12.8. The van der Waals surface area contributed by atoms with Crippen LogP contribution >= 0.6 is 22.9 Å². The lowest BCUT2D eigenvalue weighted by molar-refractivity contribution is 0.514. The first-order valence-corrected chi connectivity index (χ1v) is 8.46. The number of nitrogens with zero attached hydrogens (tertiary/aromatic N) is 2. The molecule has 1 N–H and O–H groups in total. The molecule has 0 bridgehead atoms. The van der Waals surface area contributed by atoms with Crippen molar-refractivity contribution in [3.05, 3.63) is 38.8 Å². The molecule has 2 rings (SSSR count). The maximum atomic E-state index is 6.41. The first kappa shape index (κ1) is 15.5. The predicted octanol–water partition coefficient (Wildman–Crippen LogP) is 3.90. The summed E-state index contributed by atoms with van der Waals surface area (Å²) in [5.74, 6) is 0. The summed E-state index contributed by atoms with van der Waals surface area (Å²) in [6, 6.07) is 2.60. The van der Waals surface area contributed by atoms with E-state index in [2.05, 4.69) is 48.0 Å². The molecule has 0 spiro atoms. The molecule has 0 aliphatic rings. The van der Waals surface area contributed by atoms with Gasteiger partial charge in [-0.05, 0) is 49.1 Å². The average molecular weight is 312 g/mol. The van der Waals surface area contributed by atoms with Crippen LogP contribution in [0.3, 0.4) is 0 Å². The van der Waals surface area contributed by atoms with Crippen LogP contribution in [-0.4, -0.2) is 15.8 Å². The van der Waals surface area contributed by atoms with Crippen molar-refractivity contribution in [2.24, 2.45) is 0 Å². The zero-order valence-electron chi connectivity index (χ0n) is 12.3. The highest BCUT2D eigenvalue weighted by Gasteiger charge is 2.14. The lowest BCUT2D eigenvalue weighted by Crippen LogP contribution is -2.28. The van der Waals surface area contributed by atoms with E-state index in [0.29, 0.717) is 6.04 Å². The van der Waals surface area contributed by atoms with Gasteiger partial charge >= 0.3 is 0 Å². The molecule has 2 aromatic rings. The second kappa shape index (κ2) is 7.25. The lowest BCUT2D eigenvalue weighted by atomic mass is 10.1. The maximum Gasteiger partial charge on any atom is 0.0863 e. The van der Waals surface area contributed by atoms with Crippen molar-refractivity contribution < 1.29 is 0 Å². The van der Waals surface area contributed by atoms with Crippen molar-refractivity contribution in [2.75, 3.05) is 0 Å². The molecule has 0 saturated heterocycles. The van der Waals surface area contributed by atoms with E-state index in [1.807, 2.05) is 4.68 Å². The quantitative estimate of drug-likeness (QED) is 0.840. The molecular formula is C15H22ClN3S. The van der Waals surface area contributed by atoms with E-state index in [0.717, 1.165) is 42.3 Å². The number of halogens is 1. The smallest absolute Gasteiger partial charge is 0.0863 e. The van der Waals surface area contributed by atoms with Crippen LogP contribution in [0.4, 0.5) is 0 Å². The van der Waals surface area contributed by atoms with E-state index in [9.17, 15) is 0 Å². The van der Waals surface area contributed by atoms with Crippen molar-refractivity contribution in [1.82, 2.24) is 15.1 Å². The third kappa shape index (κ3) is 3.62. The van der Waals surface area contributed by atoms with Crippen LogP contribution in [0.2, 0.25) is 5.02 Å². The van der Waals surface area contributed by atoms with Crippen LogP contribution in [-0.2, 0) is 25.9 Å². The van der Waals surface area contributed by atoms with Gasteiger partial charge in [-0.15, -0.1) is 0 Å². The Morgan fingerprint density at radius 1 is 1.45 bits per heavy atom. The summed E-state index contributed by atoms with van der Waals surface area (Å²) in [5.41, 5.74) is 3.48. The Bertz CT molecular complexity index is 534. The van der Waals surface area contributed by atoms with E-state index in [1.54, 1.807) is 11.3 Å². The van der Waals surface area contributed by atoms with Crippen molar-refractivity contribution in [3.8, 4) is 0 Å². The van der Waals surface area contributed by atoms with E-state index >= 15 is 0 Å². The van der Waals surface area contributed by atoms with Crippen molar-refractivity contribution >= 4 is 22.9 Å². The van der Waals surface area contributed by atoms with E-state index in [1.165, 1.54) is 5.56 Å². The lowest BCUT2D eigenvalue weighted by Gasteiger charge is -2.14. The number of thiophene rings is 1. The Balaban J connectivity index is 1.97. The molecule has 0 fully saturated rings. The molecule has 110 valence electrons. The van der Waals surface area contributed by atoms with Gasteiger partial charge < -0.3 is 5.32 Å². The van der Waals surface area contributed by atoms with Gasteiger partial charge in [0.05, 0.1) is 16.4 Å². The molecule has 0 aliphatic carbocycles. The number of rotatable bonds is 7. The molecule has 1 unspecified atom stereocenters. The summed E-state index contributed by atoms with van der Waals surface area (Å²) >= 11 is 8.16. The van der Waals surface area contributed by atoms with E-state index in [4.69, 9.17) is 11.6 Å². The molecule has 3 nitrogen and oxygen atoms in total. The number of hydrogen-bond donors (Lipinski definition) is 1. The molecule has 0 aromatic carbocycles. The molecule has 0 aliphatic heterocycles. The first-order valence-electron chi connectivity index (χ1n) is 7.14. The standard InChI is InChI=1S/C15H22ClN3S/c1-4-13-15(16)14(19(5-2)18-13)9-17-11(3)8-12-6-7-20-10-12/h6-7,10-11,17H,4-5,8-9H2,1-3H3. The van der Waals surface area contributed by atoms with Crippen LogP contribution in [0.15, 0.2) is 16.8 Å². The maximum absolute atomic E-state index is 6.41. The minimum absolute atomic E-state index is 0.422. The minimum atomic E-state index is 0.422. The minimum Gasteiger partial charge on any atom is -0.308 e. The summed E-state index contributed by atoms with van der Waals surface area (Å²) < 4.78 is 2.01. The van der Waals surface area contributed by atoms with Gasteiger partial charge in [-0.25, -0.2) is 0 Å². The van der Waals surface area contributed by atoms with Gasteiger partial charge in [0.25, 0.3) is 0 Å². The molecule has 5 heteroatoms. The summed E-state index contributed by atoms with van der Waals surface area (Å²) in [5, 5.41) is 13.2. The highest BCUT2D eigenvalue weighted by Crippen LogP contribution is 2.21. The van der Waals surface area contributed by atoms with E-state index < -0.39 is 0 Å². The highest BCUT2D eigenvalue weighted by atomic mass is 35.5. The van der Waals surface area contributed by atoms with Crippen LogP contribution in [0.25, 0.3) is 0 Å². The molecular weight excluding hydrogens is 290 g/mol. The number of aryl methyl sites for hydroxylation is 2. The molecule has 20 heavy (non-hydrogen) atoms. The van der Waals surface area contributed by atoms with Crippen molar-refractivity contribution in [3.63, 3.8) is 0 Å². The number of aromatic nitrogens is 2. The van der Waals surface area contributed by atoms with Gasteiger partial charge in [-0.2, -0.15) is 16.4 Å². The first-order chi connectivity index (χ1) is 9.65. The van der Waals surface area contributed by atoms with Crippen LogP contribution < -0.4 is 5.32 Å². The Labute approximate surface area is 130 Å². The van der Waals surface area contributed by atoms with Crippen LogP contribution in [0.1, 0.15) is 37.7 Å². The predicted molar refractivity (Wildman–Crippen MR) is 86.6 cm³/mol. The zero-order chi connectivity index (χ0) is 14.5. The third-order valence-electron chi connectivity index (χ3n) is 3.43. The summed E-state index contributed by atoms with van der Waals surface area (Å²) in [4.78, 5) is 0. The number of nitrogens with one attached hydrogen (secondary N) is 1. The van der Waals surface area contributed by atoms with Crippen LogP contribution in [0, 0.1) is 0 Å². The van der Waals surface area contributed by atoms with E-state index in [-0.39, 0.29) is 0 Å². The fraction of sp³-hybridized carbons (Fsp3) is 0.533. The molecule has 0 radical (unpaired) electrons. The van der Waals surface area contributed by atoms with Crippen molar-refractivity contribution in [1.29, 1.82) is 0 Å². The topological polar surface area (TPSA) is 29.9 Å². The average Bonchev–Trinajstić information content (AvgIpc) is 3.04.